The molecule has 25 heavy (non-hydrogen) atoms. The number of benzene rings is 1. The van der Waals surface area contributed by atoms with Gasteiger partial charge in [-0.15, -0.1) is 0 Å². The van der Waals surface area contributed by atoms with Gasteiger partial charge < -0.3 is 15.2 Å². The van der Waals surface area contributed by atoms with E-state index < -0.39 is 5.97 Å². The lowest BCUT2D eigenvalue weighted by Gasteiger charge is -2.27. The predicted molar refractivity (Wildman–Crippen MR) is 96.7 cm³/mol. The highest BCUT2D eigenvalue weighted by atomic mass is 16.5. The highest BCUT2D eigenvalue weighted by Crippen LogP contribution is 2.28. The molecule has 0 aliphatic heterocycles. The summed E-state index contributed by atoms with van der Waals surface area (Å²) in [7, 11) is 1.60. The van der Waals surface area contributed by atoms with E-state index in [0.717, 1.165) is 17.7 Å². The summed E-state index contributed by atoms with van der Waals surface area (Å²) in [5, 5.41) is 12.0. The number of methoxy groups -OCH3 is 1. The summed E-state index contributed by atoms with van der Waals surface area (Å²) >= 11 is 0. The molecule has 0 heterocycles. The second-order valence-electron chi connectivity index (χ2n) is 6.96. The predicted octanol–water partition coefficient (Wildman–Crippen LogP) is 3.56. The number of carboxylic acids is 1. The first-order valence-electron chi connectivity index (χ1n) is 9.21. The van der Waals surface area contributed by atoms with Crippen LogP contribution in [0.1, 0.15) is 56.9 Å². The van der Waals surface area contributed by atoms with E-state index in [-0.39, 0.29) is 24.8 Å². The molecule has 0 aromatic heterocycles. The Balaban J connectivity index is 1.90. The van der Waals surface area contributed by atoms with Gasteiger partial charge in [0.05, 0.1) is 13.5 Å². The molecule has 1 amide bonds. The Labute approximate surface area is 149 Å². The van der Waals surface area contributed by atoms with Crippen molar-refractivity contribution in [2.45, 2.75) is 63.8 Å². The molecule has 5 heteroatoms. The summed E-state index contributed by atoms with van der Waals surface area (Å²) in [6.45, 7) is 0. The molecule has 138 valence electrons. The van der Waals surface area contributed by atoms with Crippen LogP contribution in [0.4, 0.5) is 0 Å². The van der Waals surface area contributed by atoms with Crippen LogP contribution in [0, 0.1) is 5.92 Å². The van der Waals surface area contributed by atoms with E-state index >= 15 is 0 Å². The van der Waals surface area contributed by atoms with Crippen molar-refractivity contribution < 1.29 is 19.4 Å². The summed E-state index contributed by atoms with van der Waals surface area (Å²) in [6.07, 6.45) is 7.92. The van der Waals surface area contributed by atoms with Crippen molar-refractivity contribution in [3.8, 4) is 5.75 Å². The summed E-state index contributed by atoms with van der Waals surface area (Å²) in [4.78, 5) is 23.3. The minimum atomic E-state index is -0.810. The number of carbonyl (C=O) groups is 2. The number of ether oxygens (including phenoxy) is 1. The van der Waals surface area contributed by atoms with Gasteiger partial charge in [-0.1, -0.05) is 44.2 Å². The first-order chi connectivity index (χ1) is 12.1. The summed E-state index contributed by atoms with van der Waals surface area (Å²) in [5.74, 6) is 0.467. The molecule has 1 aromatic carbocycles. The maximum Gasteiger partial charge on any atom is 0.303 e. The molecule has 0 radical (unpaired) electrons. The molecule has 0 spiro atoms. The molecule has 2 N–H and O–H groups in total. The minimum Gasteiger partial charge on any atom is -0.497 e. The monoisotopic (exact) mass is 347 g/mol. The number of carboxylic acid groups (broad SMARTS) is 1. The van der Waals surface area contributed by atoms with Crippen molar-refractivity contribution in [3.05, 3.63) is 29.8 Å². The number of carbonyl (C=O) groups excluding carboxylic acids is 1. The average molecular weight is 347 g/mol. The lowest BCUT2D eigenvalue weighted by Crippen LogP contribution is -2.38. The average Bonchev–Trinajstić information content (AvgIpc) is 2.60. The number of rotatable bonds is 9. The van der Waals surface area contributed by atoms with Crippen LogP contribution < -0.4 is 10.1 Å². The molecule has 1 unspecified atom stereocenters. The van der Waals surface area contributed by atoms with Gasteiger partial charge in [-0.2, -0.15) is 0 Å². The van der Waals surface area contributed by atoms with Crippen LogP contribution in [0.3, 0.4) is 0 Å². The highest BCUT2D eigenvalue weighted by molar-refractivity contribution is 5.79. The van der Waals surface area contributed by atoms with Gasteiger partial charge in [0.25, 0.3) is 0 Å². The zero-order chi connectivity index (χ0) is 18.1. The highest BCUT2D eigenvalue weighted by Gasteiger charge is 2.21. The van der Waals surface area contributed by atoms with E-state index in [1.165, 1.54) is 32.1 Å². The van der Waals surface area contributed by atoms with Crippen LogP contribution in [0.2, 0.25) is 0 Å². The second kappa shape index (κ2) is 10.1. The quantitative estimate of drug-likeness (QED) is 0.716. The molecular formula is C20H29NO4. The number of aliphatic carboxylic acids is 1. The Morgan fingerprint density at radius 3 is 2.72 bits per heavy atom. The van der Waals surface area contributed by atoms with E-state index in [4.69, 9.17) is 9.84 Å². The van der Waals surface area contributed by atoms with Crippen molar-refractivity contribution in [2.75, 3.05) is 7.11 Å². The van der Waals surface area contributed by atoms with E-state index in [1.54, 1.807) is 7.11 Å². The number of amides is 1. The maximum absolute atomic E-state index is 12.4. The van der Waals surface area contributed by atoms with Crippen LogP contribution in [0.25, 0.3) is 0 Å². The lowest BCUT2D eigenvalue weighted by atomic mass is 9.84. The van der Waals surface area contributed by atoms with Gasteiger partial charge in [0.2, 0.25) is 5.91 Å². The molecule has 5 nitrogen and oxygen atoms in total. The minimum absolute atomic E-state index is 0.0561. The Bertz CT molecular complexity index is 567. The van der Waals surface area contributed by atoms with Gasteiger partial charge in [-0.3, -0.25) is 9.59 Å². The van der Waals surface area contributed by atoms with Gasteiger partial charge in [0.1, 0.15) is 5.75 Å². The third-order valence-corrected chi connectivity index (χ3v) is 4.91. The van der Waals surface area contributed by atoms with Gasteiger partial charge in [0, 0.05) is 12.5 Å². The van der Waals surface area contributed by atoms with Crippen LogP contribution in [-0.2, 0) is 16.0 Å². The molecule has 1 aliphatic carbocycles. The fraction of sp³-hybridized carbons (Fsp3) is 0.600. The summed E-state index contributed by atoms with van der Waals surface area (Å²) in [6, 6.07) is 7.41. The summed E-state index contributed by atoms with van der Waals surface area (Å²) < 4.78 is 5.19. The molecule has 0 saturated heterocycles. The Hall–Kier alpha value is -2.04. The number of hydrogen-bond acceptors (Lipinski definition) is 3. The van der Waals surface area contributed by atoms with Crippen molar-refractivity contribution in [1.82, 2.24) is 5.32 Å². The third-order valence-electron chi connectivity index (χ3n) is 4.91. The van der Waals surface area contributed by atoms with E-state index in [0.29, 0.717) is 12.3 Å². The number of nitrogens with one attached hydrogen (secondary N) is 1. The first kappa shape index (κ1) is 19.3. The summed E-state index contributed by atoms with van der Waals surface area (Å²) in [5.41, 5.74) is 0.895. The topological polar surface area (TPSA) is 75.6 Å². The van der Waals surface area contributed by atoms with Crippen LogP contribution >= 0.6 is 0 Å². The first-order valence-corrected chi connectivity index (χ1v) is 9.21. The van der Waals surface area contributed by atoms with Crippen molar-refractivity contribution in [1.29, 1.82) is 0 Å². The number of hydrogen-bond donors (Lipinski definition) is 2. The fourth-order valence-electron chi connectivity index (χ4n) is 3.62. The standard InChI is InChI=1S/C20H29NO4/c1-25-18-9-5-8-16(13-18)14-19(22)21-17(10-11-20(23)24)12-15-6-3-2-4-7-15/h5,8-9,13,15,17H,2-4,6-7,10-12,14H2,1H3,(H,21,22)(H,23,24). The smallest absolute Gasteiger partial charge is 0.303 e. The van der Waals surface area contributed by atoms with Gasteiger partial charge in [-0.05, 0) is 36.5 Å². The zero-order valence-corrected chi connectivity index (χ0v) is 15.0. The Morgan fingerprint density at radius 2 is 2.04 bits per heavy atom. The normalized spacial score (nSPS) is 16.2. The van der Waals surface area contributed by atoms with E-state index in [1.807, 2.05) is 24.3 Å². The molecule has 1 atom stereocenters. The van der Waals surface area contributed by atoms with Gasteiger partial charge >= 0.3 is 5.97 Å². The molecular weight excluding hydrogens is 318 g/mol. The molecule has 1 aliphatic rings. The van der Waals surface area contributed by atoms with Crippen molar-refractivity contribution >= 4 is 11.9 Å². The maximum atomic E-state index is 12.4. The molecule has 1 fully saturated rings. The molecule has 1 saturated carbocycles. The largest absolute Gasteiger partial charge is 0.497 e. The zero-order valence-electron chi connectivity index (χ0n) is 15.0. The molecule has 2 rings (SSSR count). The van der Waals surface area contributed by atoms with Crippen LogP contribution in [-0.4, -0.2) is 30.1 Å². The van der Waals surface area contributed by atoms with E-state index in [9.17, 15) is 9.59 Å². The SMILES string of the molecule is COc1cccc(CC(=O)NC(CCC(=O)O)CC2CCCCC2)c1. The van der Waals surface area contributed by atoms with Crippen molar-refractivity contribution in [3.63, 3.8) is 0 Å². The Morgan fingerprint density at radius 1 is 1.28 bits per heavy atom. The lowest BCUT2D eigenvalue weighted by molar-refractivity contribution is -0.137. The van der Waals surface area contributed by atoms with Gasteiger partial charge in [0.15, 0.2) is 0 Å². The van der Waals surface area contributed by atoms with E-state index in [2.05, 4.69) is 5.32 Å². The fourth-order valence-corrected chi connectivity index (χ4v) is 3.62. The molecule has 0 bridgehead atoms. The Kier molecular flexibility index (Phi) is 7.76. The van der Waals surface area contributed by atoms with Crippen molar-refractivity contribution in [2.24, 2.45) is 5.92 Å². The van der Waals surface area contributed by atoms with Crippen LogP contribution in [0.5, 0.6) is 5.75 Å². The van der Waals surface area contributed by atoms with Gasteiger partial charge in [-0.25, -0.2) is 0 Å². The second-order valence-corrected chi connectivity index (χ2v) is 6.96. The molecule has 1 aromatic rings. The van der Waals surface area contributed by atoms with Crippen LogP contribution in [0.15, 0.2) is 24.3 Å². The third kappa shape index (κ3) is 7.16.